The number of amides is 1. The third kappa shape index (κ3) is 4.22. The predicted octanol–water partition coefficient (Wildman–Crippen LogP) is 6.12. The van der Waals surface area contributed by atoms with Crippen molar-refractivity contribution in [1.82, 2.24) is 24.5 Å². The lowest BCUT2D eigenvalue weighted by atomic mass is 9.98. The number of likely N-dealkylation sites (tertiary alicyclic amines) is 1. The van der Waals surface area contributed by atoms with Gasteiger partial charge in [-0.15, -0.1) is 0 Å². The number of carbonyl (C=O) groups excluding carboxylic acids is 1. The van der Waals surface area contributed by atoms with E-state index in [-0.39, 0.29) is 11.9 Å². The highest BCUT2D eigenvalue weighted by Gasteiger charge is 2.32. The summed E-state index contributed by atoms with van der Waals surface area (Å²) in [5.74, 6) is 0.536. The van der Waals surface area contributed by atoms with E-state index in [1.54, 1.807) is 6.20 Å². The second kappa shape index (κ2) is 9.25. The molecule has 2 aliphatic rings. The van der Waals surface area contributed by atoms with E-state index in [0.29, 0.717) is 18.2 Å². The Morgan fingerprint density at radius 3 is 2.57 bits per heavy atom. The van der Waals surface area contributed by atoms with Gasteiger partial charge in [-0.3, -0.25) is 9.78 Å². The predicted molar refractivity (Wildman–Crippen MR) is 136 cm³/mol. The Hall–Kier alpha value is -3.54. The highest BCUT2D eigenvalue weighted by Crippen LogP contribution is 2.36. The molecular weight excluding hydrogens is 434 g/mol. The Bertz CT molecular complexity index is 1360. The van der Waals surface area contributed by atoms with E-state index < -0.39 is 0 Å². The van der Waals surface area contributed by atoms with E-state index in [4.69, 9.17) is 10.1 Å². The van der Waals surface area contributed by atoms with Crippen molar-refractivity contribution in [3.63, 3.8) is 0 Å². The van der Waals surface area contributed by atoms with Crippen molar-refractivity contribution in [1.29, 1.82) is 0 Å². The van der Waals surface area contributed by atoms with Crippen LogP contribution in [0, 0.1) is 6.92 Å². The second-order valence-electron chi connectivity index (χ2n) is 9.97. The van der Waals surface area contributed by atoms with Gasteiger partial charge in [-0.25, -0.2) is 9.50 Å². The summed E-state index contributed by atoms with van der Waals surface area (Å²) in [6, 6.07) is 16.0. The van der Waals surface area contributed by atoms with Crippen LogP contribution in [0.15, 0.2) is 60.9 Å². The number of carbonyl (C=O) groups is 1. The molecule has 0 spiro atoms. The van der Waals surface area contributed by atoms with E-state index in [0.717, 1.165) is 41.7 Å². The van der Waals surface area contributed by atoms with Crippen LogP contribution in [0.2, 0.25) is 0 Å². The first-order chi connectivity index (χ1) is 17.2. The van der Waals surface area contributed by atoms with Crippen LogP contribution >= 0.6 is 0 Å². The summed E-state index contributed by atoms with van der Waals surface area (Å²) >= 11 is 0. The molecule has 1 saturated carbocycles. The minimum absolute atomic E-state index is 0.0275. The molecule has 1 atom stereocenters. The fourth-order valence-corrected chi connectivity index (χ4v) is 5.80. The molecule has 1 unspecified atom stereocenters. The molecule has 35 heavy (non-hydrogen) atoms. The van der Waals surface area contributed by atoms with E-state index >= 15 is 0 Å². The van der Waals surface area contributed by atoms with Gasteiger partial charge in [-0.1, -0.05) is 43.2 Å². The minimum atomic E-state index is -0.0598. The van der Waals surface area contributed by atoms with Gasteiger partial charge in [0.2, 0.25) is 0 Å². The lowest BCUT2D eigenvalue weighted by Gasteiger charge is -2.34. The molecule has 178 valence electrons. The quantitative estimate of drug-likeness (QED) is 0.364. The highest BCUT2D eigenvalue weighted by atomic mass is 16.2. The van der Waals surface area contributed by atoms with Crippen molar-refractivity contribution in [3.8, 4) is 11.1 Å². The molecule has 6 heteroatoms. The molecule has 4 aromatic rings. The van der Waals surface area contributed by atoms with E-state index in [1.807, 2.05) is 39.7 Å². The lowest BCUT2D eigenvalue weighted by molar-refractivity contribution is 0.0599. The largest absolute Gasteiger partial charge is 0.329 e. The molecule has 6 nitrogen and oxygen atoms in total. The molecule has 1 aliphatic heterocycles. The molecule has 0 N–H and O–H groups in total. The zero-order valence-electron chi connectivity index (χ0n) is 20.2. The summed E-state index contributed by atoms with van der Waals surface area (Å²) < 4.78 is 1.90. The first-order valence-corrected chi connectivity index (χ1v) is 12.9. The number of aromatic nitrogens is 4. The van der Waals surface area contributed by atoms with Gasteiger partial charge in [0.1, 0.15) is 5.69 Å². The smallest absolute Gasteiger partial charge is 0.273 e. The van der Waals surface area contributed by atoms with Crippen LogP contribution in [0.25, 0.3) is 16.8 Å². The number of hydrogen-bond donors (Lipinski definition) is 0. The third-order valence-electron chi connectivity index (χ3n) is 7.62. The first-order valence-electron chi connectivity index (χ1n) is 12.9. The summed E-state index contributed by atoms with van der Waals surface area (Å²) in [4.78, 5) is 25.1. The van der Waals surface area contributed by atoms with Gasteiger partial charge in [0, 0.05) is 30.9 Å². The van der Waals surface area contributed by atoms with Crippen molar-refractivity contribution < 1.29 is 4.79 Å². The van der Waals surface area contributed by atoms with E-state index in [1.165, 1.54) is 36.9 Å². The van der Waals surface area contributed by atoms with Gasteiger partial charge >= 0.3 is 0 Å². The summed E-state index contributed by atoms with van der Waals surface area (Å²) in [5.41, 5.74) is 6.81. The maximum absolute atomic E-state index is 13.7. The Kier molecular flexibility index (Phi) is 5.80. The normalized spacial score (nSPS) is 18.9. The van der Waals surface area contributed by atoms with Gasteiger partial charge in [-0.05, 0) is 67.9 Å². The fraction of sp³-hybridized carbons (Fsp3) is 0.379. The number of hydrogen-bond acceptors (Lipinski definition) is 4. The average Bonchev–Trinajstić information content (AvgIpc) is 3.58. The van der Waals surface area contributed by atoms with Gasteiger partial charge in [0.15, 0.2) is 5.65 Å². The van der Waals surface area contributed by atoms with Gasteiger partial charge in [-0.2, -0.15) is 5.10 Å². The fourth-order valence-electron chi connectivity index (χ4n) is 5.80. The van der Waals surface area contributed by atoms with Gasteiger partial charge in [0.25, 0.3) is 5.91 Å². The van der Waals surface area contributed by atoms with Crippen molar-refractivity contribution in [2.75, 3.05) is 6.54 Å². The van der Waals surface area contributed by atoms with Crippen LogP contribution in [0.4, 0.5) is 0 Å². The Labute approximate surface area is 206 Å². The minimum Gasteiger partial charge on any atom is -0.329 e. The highest BCUT2D eigenvalue weighted by molar-refractivity contribution is 5.94. The third-order valence-corrected chi connectivity index (χ3v) is 7.62. The monoisotopic (exact) mass is 465 g/mol. The number of nitrogens with zero attached hydrogens (tertiary/aromatic N) is 5. The number of fused-ring (bicyclic) bond motifs is 1. The zero-order valence-corrected chi connectivity index (χ0v) is 20.2. The van der Waals surface area contributed by atoms with Crippen molar-refractivity contribution >= 4 is 11.6 Å². The van der Waals surface area contributed by atoms with Gasteiger partial charge < -0.3 is 4.90 Å². The summed E-state index contributed by atoms with van der Waals surface area (Å²) in [5, 5.41) is 4.90. The van der Waals surface area contributed by atoms with Crippen LogP contribution < -0.4 is 0 Å². The van der Waals surface area contributed by atoms with Crippen LogP contribution in [-0.2, 0) is 0 Å². The lowest BCUT2D eigenvalue weighted by Crippen LogP contribution is -2.39. The number of rotatable bonds is 4. The second-order valence-corrected chi connectivity index (χ2v) is 9.97. The van der Waals surface area contributed by atoms with Crippen LogP contribution in [-0.4, -0.2) is 36.9 Å². The zero-order chi connectivity index (χ0) is 23.8. The molecule has 6 rings (SSSR count). The van der Waals surface area contributed by atoms with Crippen LogP contribution in [0.5, 0.6) is 0 Å². The number of benzene rings is 1. The SMILES string of the molecule is Cc1cn2nc(C3CCCCN3C(=O)c3cc(-c4ccccc4)ccn3)cc2nc1C1CCCC1. The molecule has 1 aromatic carbocycles. The topological polar surface area (TPSA) is 63.4 Å². The Balaban J connectivity index is 1.31. The molecule has 1 aliphatic carbocycles. The number of piperidine rings is 1. The first kappa shape index (κ1) is 22.0. The molecule has 4 heterocycles. The summed E-state index contributed by atoms with van der Waals surface area (Å²) in [6.45, 7) is 2.86. The Morgan fingerprint density at radius 1 is 0.943 bits per heavy atom. The maximum atomic E-state index is 13.7. The Morgan fingerprint density at radius 2 is 1.74 bits per heavy atom. The standard InChI is InChI=1S/C29H31N5O/c1-20-19-34-27(31-28(20)22-11-5-6-12-22)18-24(32-34)26-13-7-8-16-33(26)29(35)25-17-23(14-15-30-25)21-9-3-2-4-10-21/h2-4,9-10,14-15,17-19,22,26H,5-8,11-13,16H2,1H3. The molecule has 1 saturated heterocycles. The van der Waals surface area contributed by atoms with Crippen molar-refractivity contribution in [2.24, 2.45) is 0 Å². The van der Waals surface area contributed by atoms with E-state index in [2.05, 4.69) is 36.3 Å². The molecule has 0 radical (unpaired) electrons. The van der Waals surface area contributed by atoms with Crippen molar-refractivity contribution in [3.05, 3.63) is 83.6 Å². The van der Waals surface area contributed by atoms with Gasteiger partial charge in [0.05, 0.1) is 17.4 Å². The number of pyridine rings is 1. The number of aryl methyl sites for hydroxylation is 1. The van der Waals surface area contributed by atoms with Crippen LogP contribution in [0.3, 0.4) is 0 Å². The van der Waals surface area contributed by atoms with E-state index in [9.17, 15) is 4.79 Å². The molecular formula is C29H31N5O. The maximum Gasteiger partial charge on any atom is 0.273 e. The molecule has 2 fully saturated rings. The summed E-state index contributed by atoms with van der Waals surface area (Å²) in [6.07, 6.45) is 11.9. The molecule has 3 aromatic heterocycles. The molecule has 0 bridgehead atoms. The average molecular weight is 466 g/mol. The van der Waals surface area contributed by atoms with Crippen molar-refractivity contribution in [2.45, 2.75) is 63.8 Å². The van der Waals surface area contributed by atoms with Crippen LogP contribution in [0.1, 0.15) is 84.3 Å². The summed E-state index contributed by atoms with van der Waals surface area (Å²) in [7, 11) is 0. The molecule has 1 amide bonds.